The summed E-state index contributed by atoms with van der Waals surface area (Å²) >= 11 is 0. The minimum absolute atomic E-state index is 0.00537. The van der Waals surface area contributed by atoms with E-state index < -0.39 is 28.9 Å². The molecule has 0 saturated carbocycles. The lowest BCUT2D eigenvalue weighted by Gasteiger charge is -2.23. The van der Waals surface area contributed by atoms with E-state index in [1.165, 1.54) is 0 Å². The molecule has 0 aromatic rings. The number of alkyl halides is 4. The van der Waals surface area contributed by atoms with Crippen molar-refractivity contribution in [2.75, 3.05) is 0 Å². The van der Waals surface area contributed by atoms with E-state index in [-0.39, 0.29) is 12.2 Å². The van der Waals surface area contributed by atoms with Crippen LogP contribution in [0.4, 0.5) is 26.3 Å². The molecule has 0 amide bonds. The molecule has 0 N–H and O–H groups in total. The van der Waals surface area contributed by atoms with Crippen LogP contribution in [0, 0.1) is 0 Å². The van der Waals surface area contributed by atoms with Crippen molar-refractivity contribution >= 4 is 0 Å². The van der Waals surface area contributed by atoms with E-state index in [4.69, 9.17) is 0 Å². The molecule has 0 nitrogen and oxygen atoms in total. The minimum atomic E-state index is -4.73. The van der Waals surface area contributed by atoms with Crippen LogP contribution < -0.4 is 0 Å². The van der Waals surface area contributed by atoms with Crippen molar-refractivity contribution in [3.63, 3.8) is 0 Å². The summed E-state index contributed by atoms with van der Waals surface area (Å²) in [7, 11) is 0. The lowest BCUT2D eigenvalue weighted by Crippen LogP contribution is -2.46. The van der Waals surface area contributed by atoms with Gasteiger partial charge >= 0.3 is 5.92 Å². The Morgan fingerprint density at radius 3 is 1.23 bits per heavy atom. The molecular weight excluding hydrogens is 198 g/mol. The van der Waals surface area contributed by atoms with Gasteiger partial charge in [0, 0.05) is 0 Å². The first-order valence-electron chi connectivity index (χ1n) is 3.29. The lowest BCUT2D eigenvalue weighted by molar-refractivity contribution is -0.143. The van der Waals surface area contributed by atoms with Crippen LogP contribution in [0.5, 0.6) is 0 Å². The molecule has 0 aromatic carbocycles. The Kier molecular flexibility index (Phi) is 1.19. The Labute approximate surface area is 68.5 Å². The van der Waals surface area contributed by atoms with Crippen molar-refractivity contribution in [3.8, 4) is 0 Å². The number of allylic oxidation sites excluding steroid dienone is 4. The molecule has 2 aliphatic rings. The first-order valence-corrected chi connectivity index (χ1v) is 3.29. The zero-order valence-electron chi connectivity index (χ0n) is 5.92. The van der Waals surface area contributed by atoms with Crippen molar-refractivity contribution in [1.29, 1.82) is 0 Å². The summed E-state index contributed by atoms with van der Waals surface area (Å²) < 4.78 is 76.5. The van der Waals surface area contributed by atoms with Crippen LogP contribution >= 0.6 is 0 Å². The molecule has 2 bridgehead atoms. The van der Waals surface area contributed by atoms with Gasteiger partial charge in [-0.05, 0) is 12.2 Å². The predicted octanol–water partition coefficient (Wildman–Crippen LogP) is 2.77. The van der Waals surface area contributed by atoms with Gasteiger partial charge in [-0.1, -0.05) is 0 Å². The number of rotatable bonds is 0. The smallest absolute Gasteiger partial charge is 0.224 e. The maximum absolute atomic E-state index is 13.0. The number of fused-ring (bicyclic) bond motifs is 2. The van der Waals surface area contributed by atoms with Gasteiger partial charge in [0.1, 0.15) is 0 Å². The van der Waals surface area contributed by atoms with Crippen molar-refractivity contribution in [1.82, 2.24) is 0 Å². The fourth-order valence-electron chi connectivity index (χ4n) is 1.45. The highest BCUT2D eigenvalue weighted by molar-refractivity contribution is 5.52. The fourth-order valence-corrected chi connectivity index (χ4v) is 1.45. The summed E-state index contributed by atoms with van der Waals surface area (Å²) in [5.74, 6) is -9.47. The van der Waals surface area contributed by atoms with Gasteiger partial charge in [0.25, 0.3) is 0 Å². The number of hydrogen-bond donors (Lipinski definition) is 0. The van der Waals surface area contributed by atoms with Gasteiger partial charge in [0.15, 0.2) is 11.7 Å². The maximum Gasteiger partial charge on any atom is 0.334 e. The Morgan fingerprint density at radius 1 is 0.769 bits per heavy atom. The quantitative estimate of drug-likeness (QED) is 0.416. The fraction of sp³-hybridized carbons (Fsp3) is 0.429. The number of hydrogen-bond acceptors (Lipinski definition) is 0. The molecule has 2 atom stereocenters. The number of halogens is 6. The Hall–Kier alpha value is -0.940. The van der Waals surface area contributed by atoms with Crippen molar-refractivity contribution in [2.24, 2.45) is 0 Å². The second kappa shape index (κ2) is 1.78. The highest BCUT2D eigenvalue weighted by atomic mass is 19.3. The standard InChI is InChI=1S/C7H2F6/c8-3-4(9)6(11)2-1-5(3,10)7(6,12)13/h1-2H. The van der Waals surface area contributed by atoms with Crippen LogP contribution in [0.15, 0.2) is 23.8 Å². The molecule has 0 aliphatic heterocycles. The molecule has 0 radical (unpaired) electrons. The highest BCUT2D eigenvalue weighted by Gasteiger charge is 2.80. The predicted molar refractivity (Wildman–Crippen MR) is 31.0 cm³/mol. The van der Waals surface area contributed by atoms with Crippen molar-refractivity contribution in [3.05, 3.63) is 23.8 Å². The molecule has 0 aromatic heterocycles. The third kappa shape index (κ3) is 0.566. The molecule has 13 heavy (non-hydrogen) atoms. The Balaban J connectivity index is 2.71. The first-order chi connectivity index (χ1) is 5.77. The summed E-state index contributed by atoms with van der Waals surface area (Å²) in [5.41, 5.74) is -7.91. The Morgan fingerprint density at radius 2 is 1.08 bits per heavy atom. The first kappa shape index (κ1) is 8.65. The molecular formula is C7H2F6. The SMILES string of the molecule is FC1=C(F)C2(F)C=CC1(F)C2(F)F. The molecule has 0 fully saturated rings. The van der Waals surface area contributed by atoms with E-state index in [1.807, 2.05) is 0 Å². The van der Waals surface area contributed by atoms with Crippen molar-refractivity contribution < 1.29 is 26.3 Å². The summed E-state index contributed by atoms with van der Waals surface area (Å²) in [6.07, 6.45) is 0.0107. The highest BCUT2D eigenvalue weighted by Crippen LogP contribution is 2.63. The van der Waals surface area contributed by atoms with E-state index in [0.717, 1.165) is 0 Å². The third-order valence-corrected chi connectivity index (χ3v) is 2.29. The molecule has 6 heteroatoms. The zero-order valence-corrected chi connectivity index (χ0v) is 5.92. The van der Waals surface area contributed by atoms with E-state index >= 15 is 0 Å². The monoisotopic (exact) mass is 200 g/mol. The van der Waals surface area contributed by atoms with Crippen LogP contribution in [0.1, 0.15) is 0 Å². The van der Waals surface area contributed by atoms with Gasteiger partial charge in [-0.15, -0.1) is 0 Å². The molecule has 0 heterocycles. The van der Waals surface area contributed by atoms with Crippen LogP contribution in [0.25, 0.3) is 0 Å². The minimum Gasteiger partial charge on any atom is -0.224 e. The topological polar surface area (TPSA) is 0 Å². The molecule has 2 unspecified atom stereocenters. The van der Waals surface area contributed by atoms with Crippen LogP contribution in [0.3, 0.4) is 0 Å². The molecule has 2 rings (SSSR count). The summed E-state index contributed by atoms with van der Waals surface area (Å²) in [4.78, 5) is 0. The van der Waals surface area contributed by atoms with E-state index in [2.05, 4.69) is 0 Å². The summed E-state index contributed by atoms with van der Waals surface area (Å²) in [6.45, 7) is 0. The zero-order chi connectivity index (χ0) is 10.1. The lowest BCUT2D eigenvalue weighted by atomic mass is 10.0. The normalized spacial score (nSPS) is 46.3. The van der Waals surface area contributed by atoms with Gasteiger partial charge in [-0.3, -0.25) is 0 Å². The van der Waals surface area contributed by atoms with Crippen LogP contribution in [0.2, 0.25) is 0 Å². The van der Waals surface area contributed by atoms with Crippen molar-refractivity contribution in [2.45, 2.75) is 17.3 Å². The van der Waals surface area contributed by atoms with Crippen LogP contribution in [-0.2, 0) is 0 Å². The molecule has 0 spiro atoms. The Bertz CT molecular complexity index is 313. The average molecular weight is 200 g/mol. The molecule has 72 valence electrons. The van der Waals surface area contributed by atoms with Crippen LogP contribution in [-0.4, -0.2) is 17.3 Å². The largest absolute Gasteiger partial charge is 0.334 e. The summed E-state index contributed by atoms with van der Waals surface area (Å²) in [5, 5.41) is 0. The van der Waals surface area contributed by atoms with Gasteiger partial charge in [-0.25, -0.2) is 17.6 Å². The maximum atomic E-state index is 13.0. The van der Waals surface area contributed by atoms with Gasteiger partial charge in [0.05, 0.1) is 0 Å². The van der Waals surface area contributed by atoms with E-state index in [9.17, 15) is 26.3 Å². The molecule has 0 saturated heterocycles. The molecule has 2 aliphatic carbocycles. The second-order valence-corrected chi connectivity index (χ2v) is 2.96. The average Bonchev–Trinajstić information content (AvgIpc) is 2.28. The third-order valence-electron chi connectivity index (χ3n) is 2.29. The van der Waals surface area contributed by atoms with E-state index in [1.54, 1.807) is 0 Å². The summed E-state index contributed by atoms with van der Waals surface area (Å²) in [6, 6.07) is 0. The second-order valence-electron chi connectivity index (χ2n) is 2.96. The van der Waals surface area contributed by atoms with Gasteiger partial charge < -0.3 is 0 Å². The van der Waals surface area contributed by atoms with Gasteiger partial charge in [0.2, 0.25) is 11.3 Å². The van der Waals surface area contributed by atoms with Gasteiger partial charge in [-0.2, -0.15) is 8.78 Å². The van der Waals surface area contributed by atoms with E-state index in [0.29, 0.717) is 0 Å².